The number of rotatable bonds is 5. The summed E-state index contributed by atoms with van der Waals surface area (Å²) in [7, 11) is 0. The molecule has 2 amide bonds. The summed E-state index contributed by atoms with van der Waals surface area (Å²) < 4.78 is 10.5. The number of carbonyl (C=O) groups excluding carboxylic acids is 1. The SMILES string of the molecule is CC(NC(=O)N1CC(C)(OCC(=O)O)C1)c1ccco1. The number of nitrogens with one attached hydrogen (secondary N) is 1. The third-order valence-corrected chi connectivity index (χ3v) is 3.19. The summed E-state index contributed by atoms with van der Waals surface area (Å²) in [5, 5.41) is 11.4. The minimum absolute atomic E-state index is 0.217. The van der Waals surface area contributed by atoms with Crippen LogP contribution in [-0.4, -0.2) is 47.3 Å². The molecule has 1 aliphatic heterocycles. The summed E-state index contributed by atoms with van der Waals surface area (Å²) in [5.41, 5.74) is -0.580. The van der Waals surface area contributed by atoms with Crippen molar-refractivity contribution in [3.8, 4) is 0 Å². The highest BCUT2D eigenvalue weighted by Gasteiger charge is 2.43. The minimum atomic E-state index is -1.01. The van der Waals surface area contributed by atoms with Crippen molar-refractivity contribution in [1.29, 1.82) is 0 Å². The molecular weight excluding hydrogens is 264 g/mol. The fourth-order valence-electron chi connectivity index (χ4n) is 2.12. The number of carbonyl (C=O) groups is 2. The molecular formula is C13H18N2O5. The highest BCUT2D eigenvalue weighted by atomic mass is 16.5. The molecule has 1 fully saturated rings. The van der Waals surface area contributed by atoms with Gasteiger partial charge < -0.3 is 24.5 Å². The third kappa shape index (κ3) is 3.30. The van der Waals surface area contributed by atoms with Crippen molar-refractivity contribution in [2.45, 2.75) is 25.5 Å². The normalized spacial score (nSPS) is 18.2. The van der Waals surface area contributed by atoms with Crippen molar-refractivity contribution in [1.82, 2.24) is 10.2 Å². The lowest BCUT2D eigenvalue weighted by molar-refractivity contribution is -0.159. The molecule has 1 saturated heterocycles. The van der Waals surface area contributed by atoms with Crippen molar-refractivity contribution in [3.63, 3.8) is 0 Å². The van der Waals surface area contributed by atoms with Crippen molar-refractivity contribution in [2.24, 2.45) is 0 Å². The number of carboxylic acids is 1. The molecule has 1 aliphatic rings. The Morgan fingerprint density at radius 2 is 2.30 bits per heavy atom. The van der Waals surface area contributed by atoms with Crippen LogP contribution in [0, 0.1) is 0 Å². The van der Waals surface area contributed by atoms with Gasteiger partial charge in [0, 0.05) is 0 Å². The maximum atomic E-state index is 12.0. The molecule has 1 atom stereocenters. The number of furan rings is 1. The largest absolute Gasteiger partial charge is 0.480 e. The average Bonchev–Trinajstić information content (AvgIpc) is 2.86. The zero-order valence-electron chi connectivity index (χ0n) is 11.5. The van der Waals surface area contributed by atoms with Gasteiger partial charge in [0.05, 0.1) is 25.4 Å². The fraction of sp³-hybridized carbons (Fsp3) is 0.538. The molecule has 0 aromatic carbocycles. The summed E-state index contributed by atoms with van der Waals surface area (Å²) in [6, 6.07) is 3.12. The molecule has 2 N–H and O–H groups in total. The zero-order chi connectivity index (χ0) is 14.8. The lowest BCUT2D eigenvalue weighted by Crippen LogP contribution is -2.65. The third-order valence-electron chi connectivity index (χ3n) is 3.19. The molecule has 20 heavy (non-hydrogen) atoms. The fourth-order valence-corrected chi connectivity index (χ4v) is 2.12. The first-order valence-corrected chi connectivity index (χ1v) is 6.34. The highest BCUT2D eigenvalue weighted by Crippen LogP contribution is 2.25. The van der Waals surface area contributed by atoms with Crippen molar-refractivity contribution in [3.05, 3.63) is 24.2 Å². The van der Waals surface area contributed by atoms with Gasteiger partial charge in [-0.1, -0.05) is 0 Å². The van der Waals surface area contributed by atoms with E-state index >= 15 is 0 Å². The number of nitrogens with zero attached hydrogens (tertiary/aromatic N) is 1. The van der Waals surface area contributed by atoms with E-state index in [4.69, 9.17) is 14.3 Å². The van der Waals surface area contributed by atoms with Crippen LogP contribution >= 0.6 is 0 Å². The number of amides is 2. The van der Waals surface area contributed by atoms with Crippen LogP contribution in [0.5, 0.6) is 0 Å². The van der Waals surface area contributed by atoms with E-state index in [-0.39, 0.29) is 18.7 Å². The summed E-state index contributed by atoms with van der Waals surface area (Å²) in [6.07, 6.45) is 1.55. The Morgan fingerprint density at radius 1 is 1.60 bits per heavy atom. The number of urea groups is 1. The van der Waals surface area contributed by atoms with Crippen LogP contribution in [0.3, 0.4) is 0 Å². The molecule has 0 radical (unpaired) electrons. The van der Waals surface area contributed by atoms with Crippen LogP contribution in [0.15, 0.2) is 22.8 Å². The summed E-state index contributed by atoms with van der Waals surface area (Å²) in [5.74, 6) is -0.329. The second kappa shape index (κ2) is 5.54. The van der Waals surface area contributed by atoms with Crippen LogP contribution < -0.4 is 5.32 Å². The predicted octanol–water partition coefficient (Wildman–Crippen LogP) is 1.23. The number of hydrogen-bond acceptors (Lipinski definition) is 4. The lowest BCUT2D eigenvalue weighted by Gasteiger charge is -2.47. The number of carboxylic acid groups (broad SMARTS) is 1. The Kier molecular flexibility index (Phi) is 3.99. The van der Waals surface area contributed by atoms with Crippen LogP contribution in [-0.2, 0) is 9.53 Å². The van der Waals surface area contributed by atoms with E-state index in [1.807, 2.05) is 6.92 Å². The molecule has 0 aliphatic carbocycles. The topological polar surface area (TPSA) is 92.0 Å². The summed E-state index contributed by atoms with van der Waals surface area (Å²) in [4.78, 5) is 24.0. The van der Waals surface area contributed by atoms with E-state index in [1.165, 1.54) is 0 Å². The lowest BCUT2D eigenvalue weighted by atomic mass is 9.97. The van der Waals surface area contributed by atoms with E-state index in [9.17, 15) is 9.59 Å². The molecule has 110 valence electrons. The molecule has 1 aromatic heterocycles. The Bertz CT molecular complexity index is 479. The molecule has 7 nitrogen and oxygen atoms in total. The van der Waals surface area contributed by atoms with E-state index in [0.717, 1.165) is 0 Å². The summed E-state index contributed by atoms with van der Waals surface area (Å²) >= 11 is 0. The molecule has 2 rings (SSSR count). The van der Waals surface area contributed by atoms with E-state index in [1.54, 1.807) is 30.2 Å². The quantitative estimate of drug-likeness (QED) is 0.847. The van der Waals surface area contributed by atoms with Gasteiger partial charge in [0.25, 0.3) is 0 Å². The number of ether oxygens (including phenoxy) is 1. The molecule has 1 aromatic rings. The van der Waals surface area contributed by atoms with Gasteiger partial charge in [0.1, 0.15) is 18.0 Å². The van der Waals surface area contributed by atoms with Crippen molar-refractivity contribution in [2.75, 3.05) is 19.7 Å². The molecule has 0 saturated carbocycles. The van der Waals surface area contributed by atoms with Gasteiger partial charge in [-0.25, -0.2) is 9.59 Å². The van der Waals surface area contributed by atoms with Crippen LogP contribution in [0.2, 0.25) is 0 Å². The average molecular weight is 282 g/mol. The Hall–Kier alpha value is -2.02. The smallest absolute Gasteiger partial charge is 0.329 e. The first-order valence-electron chi connectivity index (χ1n) is 6.34. The molecule has 0 spiro atoms. The number of likely N-dealkylation sites (tertiary alicyclic amines) is 1. The Labute approximate surface area is 116 Å². The highest BCUT2D eigenvalue weighted by molar-refractivity contribution is 5.76. The maximum Gasteiger partial charge on any atom is 0.329 e. The molecule has 2 heterocycles. The van der Waals surface area contributed by atoms with E-state index < -0.39 is 11.6 Å². The number of aliphatic carboxylic acids is 1. The predicted molar refractivity (Wildman–Crippen MR) is 69.2 cm³/mol. The Morgan fingerprint density at radius 3 is 2.85 bits per heavy atom. The second-order valence-electron chi connectivity index (χ2n) is 5.17. The van der Waals surface area contributed by atoms with Crippen LogP contribution in [0.4, 0.5) is 4.79 Å². The zero-order valence-corrected chi connectivity index (χ0v) is 11.5. The summed E-state index contributed by atoms with van der Waals surface area (Å²) in [6.45, 7) is 4.01. The van der Waals surface area contributed by atoms with Gasteiger partial charge in [-0.3, -0.25) is 0 Å². The number of hydrogen-bond donors (Lipinski definition) is 2. The van der Waals surface area contributed by atoms with Gasteiger partial charge in [-0.2, -0.15) is 0 Å². The van der Waals surface area contributed by atoms with Crippen LogP contribution in [0.25, 0.3) is 0 Å². The molecule has 1 unspecified atom stereocenters. The monoisotopic (exact) mass is 282 g/mol. The first-order chi connectivity index (χ1) is 9.39. The van der Waals surface area contributed by atoms with E-state index in [0.29, 0.717) is 18.8 Å². The molecule has 7 heteroatoms. The van der Waals surface area contributed by atoms with Crippen molar-refractivity contribution >= 4 is 12.0 Å². The molecule has 0 bridgehead atoms. The second-order valence-corrected chi connectivity index (χ2v) is 5.17. The van der Waals surface area contributed by atoms with Gasteiger partial charge in [0.15, 0.2) is 0 Å². The van der Waals surface area contributed by atoms with Gasteiger partial charge in [-0.15, -0.1) is 0 Å². The Balaban J connectivity index is 1.77. The standard InChI is InChI=1S/C13H18N2O5/c1-9(10-4-3-5-19-10)14-12(18)15-7-13(2,8-15)20-6-11(16)17/h3-5,9H,6-8H2,1-2H3,(H,14,18)(H,16,17). The first kappa shape index (κ1) is 14.4. The van der Waals surface area contributed by atoms with Gasteiger partial charge >= 0.3 is 12.0 Å². The van der Waals surface area contributed by atoms with Gasteiger partial charge in [-0.05, 0) is 26.0 Å². The van der Waals surface area contributed by atoms with E-state index in [2.05, 4.69) is 5.32 Å². The van der Waals surface area contributed by atoms with Crippen molar-refractivity contribution < 1.29 is 23.8 Å². The maximum absolute atomic E-state index is 12.0. The minimum Gasteiger partial charge on any atom is -0.480 e. The van der Waals surface area contributed by atoms with Crippen LogP contribution in [0.1, 0.15) is 25.6 Å². The van der Waals surface area contributed by atoms with Gasteiger partial charge in [0.2, 0.25) is 0 Å².